The second-order valence-corrected chi connectivity index (χ2v) is 7.11. The van der Waals surface area contributed by atoms with Gasteiger partial charge >= 0.3 is 0 Å². The summed E-state index contributed by atoms with van der Waals surface area (Å²) >= 11 is 0. The molecule has 103 valence electrons. The Morgan fingerprint density at radius 2 is 2.16 bits per heavy atom. The number of aromatic nitrogens is 2. The number of amides is 1. The molecule has 19 heavy (non-hydrogen) atoms. The van der Waals surface area contributed by atoms with Crippen molar-refractivity contribution >= 4 is 15.9 Å². The summed E-state index contributed by atoms with van der Waals surface area (Å²) in [4.78, 5) is 18.8. The van der Waals surface area contributed by atoms with E-state index in [-0.39, 0.29) is 12.4 Å². The molecule has 0 saturated heterocycles. The minimum absolute atomic E-state index is 0.134. The Morgan fingerprint density at radius 3 is 2.74 bits per heavy atom. The number of carbonyl (C=O) groups is 1. The third-order valence-corrected chi connectivity index (χ3v) is 5.22. The van der Waals surface area contributed by atoms with E-state index >= 15 is 0 Å². The smallest absolute Gasteiger partial charge is 0.286 e. The molecule has 7 nitrogen and oxygen atoms in total. The third kappa shape index (κ3) is 2.59. The van der Waals surface area contributed by atoms with Gasteiger partial charge in [0.25, 0.3) is 5.91 Å². The van der Waals surface area contributed by atoms with Crippen LogP contribution < -0.4 is 5.73 Å². The van der Waals surface area contributed by atoms with E-state index in [9.17, 15) is 13.2 Å². The van der Waals surface area contributed by atoms with Gasteiger partial charge in [-0.3, -0.25) is 4.79 Å². The lowest BCUT2D eigenvalue weighted by Crippen LogP contribution is -2.40. The molecule has 1 aliphatic rings. The van der Waals surface area contributed by atoms with E-state index in [0.29, 0.717) is 18.7 Å². The quantitative estimate of drug-likeness (QED) is 0.802. The second-order valence-electron chi connectivity index (χ2n) is 4.63. The summed E-state index contributed by atoms with van der Waals surface area (Å²) in [6.07, 6.45) is 3.19. The molecule has 0 unspecified atom stereocenters. The normalized spacial score (nSPS) is 16.4. The van der Waals surface area contributed by atoms with Crippen molar-refractivity contribution in [3.63, 3.8) is 0 Å². The van der Waals surface area contributed by atoms with E-state index < -0.39 is 21.2 Å². The van der Waals surface area contributed by atoms with Gasteiger partial charge in [-0.1, -0.05) is 0 Å². The van der Waals surface area contributed by atoms with Gasteiger partial charge in [0.1, 0.15) is 0 Å². The highest BCUT2D eigenvalue weighted by Gasteiger charge is 2.30. The van der Waals surface area contributed by atoms with Gasteiger partial charge in [-0.2, -0.15) is 4.31 Å². The molecule has 0 bridgehead atoms. The van der Waals surface area contributed by atoms with Gasteiger partial charge in [0.05, 0.1) is 23.7 Å². The largest absolute Gasteiger partial charge is 0.363 e. The van der Waals surface area contributed by atoms with E-state index in [2.05, 4.69) is 16.2 Å². The van der Waals surface area contributed by atoms with Gasteiger partial charge in [-0.05, 0) is 20.3 Å². The van der Waals surface area contributed by atoms with E-state index in [0.717, 1.165) is 5.56 Å². The van der Waals surface area contributed by atoms with Crippen LogP contribution >= 0.6 is 0 Å². The number of hydrogen-bond acceptors (Lipinski definition) is 5. The lowest BCUT2D eigenvalue weighted by atomic mass is 10.1. The predicted octanol–water partition coefficient (Wildman–Crippen LogP) is -0.528. The Balaban J connectivity index is 2.33. The van der Waals surface area contributed by atoms with Gasteiger partial charge in [-0.25, -0.2) is 18.4 Å². The van der Waals surface area contributed by atoms with Crippen molar-refractivity contribution in [3.8, 4) is 0 Å². The van der Waals surface area contributed by atoms with Crippen LogP contribution in [0.5, 0.6) is 0 Å². The van der Waals surface area contributed by atoms with E-state index in [4.69, 9.17) is 5.73 Å². The zero-order chi connectivity index (χ0) is 14.2. The minimum atomic E-state index is -3.33. The summed E-state index contributed by atoms with van der Waals surface area (Å²) in [6.45, 7) is 3.77. The molecule has 2 heterocycles. The Bertz CT molecular complexity index is 612. The van der Waals surface area contributed by atoms with Gasteiger partial charge in [0.15, 0.2) is 0 Å². The molecule has 8 heteroatoms. The Labute approximate surface area is 111 Å². The van der Waals surface area contributed by atoms with Gasteiger partial charge < -0.3 is 5.73 Å². The van der Waals surface area contributed by atoms with E-state index in [1.54, 1.807) is 13.8 Å². The number of carbonyl (C=O) groups excluding carboxylic acids is 1. The molecule has 1 aliphatic heterocycles. The summed E-state index contributed by atoms with van der Waals surface area (Å²) < 4.78 is 25.6. The molecule has 0 atom stereocenters. The molecular weight excluding hydrogens is 268 g/mol. The average Bonchev–Trinajstić information content (AvgIpc) is 2.37. The van der Waals surface area contributed by atoms with Crippen LogP contribution in [0.2, 0.25) is 0 Å². The summed E-state index contributed by atoms with van der Waals surface area (Å²) in [5.74, 6) is -0.884. The van der Waals surface area contributed by atoms with Crippen LogP contribution in [0.4, 0.5) is 0 Å². The van der Waals surface area contributed by atoms with Crippen LogP contribution in [0.3, 0.4) is 0 Å². The molecule has 0 aliphatic carbocycles. The van der Waals surface area contributed by atoms with Crippen molar-refractivity contribution < 1.29 is 13.2 Å². The molecule has 2 N–H and O–H groups in total. The maximum atomic E-state index is 12.1. The maximum absolute atomic E-state index is 12.1. The molecule has 2 rings (SSSR count). The Kier molecular flexibility index (Phi) is 3.55. The van der Waals surface area contributed by atoms with E-state index in [1.165, 1.54) is 4.31 Å². The Morgan fingerprint density at radius 1 is 1.47 bits per heavy atom. The fraction of sp³-hybridized carbons (Fsp3) is 0.545. The highest BCUT2D eigenvalue weighted by atomic mass is 32.2. The summed E-state index contributed by atoms with van der Waals surface area (Å²) in [5.41, 5.74) is 6.34. The van der Waals surface area contributed by atoms with Gasteiger partial charge in [0, 0.05) is 12.1 Å². The number of sulfonamides is 1. The van der Waals surface area contributed by atoms with Gasteiger partial charge in [-0.15, -0.1) is 0 Å². The first-order valence-electron chi connectivity index (χ1n) is 5.88. The molecule has 1 aromatic rings. The number of nitrogens with zero attached hydrogens (tertiary/aromatic N) is 3. The first-order chi connectivity index (χ1) is 8.82. The monoisotopic (exact) mass is 283 g/mol. The highest BCUT2D eigenvalue weighted by molar-refractivity contribution is 7.89. The summed E-state index contributed by atoms with van der Waals surface area (Å²) in [6, 6.07) is 0. The number of fused-ring (bicyclic) bond motifs is 1. The maximum Gasteiger partial charge on any atom is 0.286 e. The predicted molar refractivity (Wildman–Crippen MR) is 67.6 cm³/mol. The first kappa shape index (κ1) is 13.9. The molecule has 1 amide bonds. The van der Waals surface area contributed by atoms with Crippen molar-refractivity contribution in [2.24, 2.45) is 5.73 Å². The molecule has 1 aromatic heterocycles. The zero-order valence-electron chi connectivity index (χ0n) is 10.8. The fourth-order valence-electron chi connectivity index (χ4n) is 1.84. The van der Waals surface area contributed by atoms with Crippen LogP contribution in [-0.2, 0) is 23.0 Å². The van der Waals surface area contributed by atoms with Crippen LogP contribution in [0.25, 0.3) is 0 Å². The molecule has 0 aromatic carbocycles. The van der Waals surface area contributed by atoms with Crippen LogP contribution in [-0.4, -0.2) is 40.4 Å². The zero-order valence-corrected chi connectivity index (χ0v) is 11.6. The van der Waals surface area contributed by atoms with Crippen molar-refractivity contribution in [2.75, 3.05) is 6.54 Å². The van der Waals surface area contributed by atoms with Crippen LogP contribution in [0.15, 0.2) is 0 Å². The number of hydrogen-bond donors (Lipinski definition) is 1. The molecule has 1 radical (unpaired) electrons. The lowest BCUT2D eigenvalue weighted by molar-refractivity contribution is 0.0989. The van der Waals surface area contributed by atoms with Gasteiger partial charge in [0.2, 0.25) is 15.8 Å². The van der Waals surface area contributed by atoms with Crippen LogP contribution in [0, 0.1) is 6.20 Å². The highest BCUT2D eigenvalue weighted by Crippen LogP contribution is 2.20. The molecule has 0 saturated carbocycles. The van der Waals surface area contributed by atoms with E-state index in [1.807, 2.05) is 0 Å². The SMILES string of the molecule is CC(C)S(=O)(=O)N1CCc2[c]nc(C(N)=O)nc2C1. The fourth-order valence-corrected chi connectivity index (χ4v) is 3.09. The number of nitrogens with two attached hydrogens (primary N) is 1. The minimum Gasteiger partial charge on any atom is -0.363 e. The van der Waals surface area contributed by atoms with Crippen molar-refractivity contribution in [1.82, 2.24) is 14.3 Å². The van der Waals surface area contributed by atoms with Crippen molar-refractivity contribution in [2.45, 2.75) is 32.1 Å². The topological polar surface area (TPSA) is 106 Å². The third-order valence-electron chi connectivity index (χ3n) is 3.00. The number of rotatable bonds is 3. The molecule has 0 spiro atoms. The second kappa shape index (κ2) is 4.86. The standard InChI is InChI=1S/C11H15N4O3S/c1-7(2)19(17,18)15-4-3-8-5-13-11(10(12)16)14-9(8)6-15/h7H,3-4,6H2,1-2H3,(H2,12,16). The van der Waals surface area contributed by atoms with Crippen LogP contribution in [0.1, 0.15) is 35.7 Å². The molecule has 0 fully saturated rings. The molecular formula is C11H15N4O3S. The lowest BCUT2D eigenvalue weighted by Gasteiger charge is -2.28. The van der Waals surface area contributed by atoms with Crippen molar-refractivity contribution in [3.05, 3.63) is 23.3 Å². The van der Waals surface area contributed by atoms with Crippen molar-refractivity contribution in [1.29, 1.82) is 0 Å². The summed E-state index contributed by atoms with van der Waals surface area (Å²) in [5, 5.41) is -0.490. The Hall–Kier alpha value is -1.54. The number of primary amides is 1. The first-order valence-corrected chi connectivity index (χ1v) is 7.39. The summed E-state index contributed by atoms with van der Waals surface area (Å²) in [7, 11) is -3.33. The average molecular weight is 283 g/mol.